The van der Waals surface area contributed by atoms with Crippen molar-refractivity contribution in [2.24, 2.45) is 0 Å². The first-order valence-electron chi connectivity index (χ1n) is 6.04. The quantitative estimate of drug-likeness (QED) is 0.832. The second kappa shape index (κ2) is 6.20. The predicted molar refractivity (Wildman–Crippen MR) is 77.5 cm³/mol. The van der Waals surface area contributed by atoms with E-state index in [4.69, 9.17) is 11.6 Å². The largest absolute Gasteiger partial charge is 0.367 e. The Morgan fingerprint density at radius 2 is 2.00 bits per heavy atom. The van der Waals surface area contributed by atoms with Crippen molar-refractivity contribution in [2.75, 3.05) is 37.8 Å². The van der Waals surface area contributed by atoms with Crippen LogP contribution in [0.5, 0.6) is 0 Å². The van der Waals surface area contributed by atoms with Crippen molar-refractivity contribution >= 4 is 23.4 Å². The molecule has 0 bridgehead atoms. The van der Waals surface area contributed by atoms with E-state index >= 15 is 0 Å². The van der Waals surface area contributed by atoms with E-state index in [2.05, 4.69) is 39.3 Å². The average Bonchev–Trinajstić information content (AvgIpc) is 2.30. The monoisotopic (exact) mass is 271 g/mol. The van der Waals surface area contributed by atoms with Crippen molar-refractivity contribution in [1.29, 1.82) is 0 Å². The second-order valence-electron chi connectivity index (χ2n) is 4.98. The van der Waals surface area contributed by atoms with Crippen LogP contribution in [0.25, 0.3) is 0 Å². The summed E-state index contributed by atoms with van der Waals surface area (Å²) in [6, 6.07) is 0. The van der Waals surface area contributed by atoms with Crippen LogP contribution in [0.2, 0.25) is 5.02 Å². The molecule has 1 aromatic rings. The molecule has 0 aromatic carbocycles. The lowest BCUT2D eigenvalue weighted by atomic mass is 10.0. The molecule has 0 saturated heterocycles. The van der Waals surface area contributed by atoms with Crippen LogP contribution in [0.4, 0.5) is 11.8 Å². The fourth-order valence-electron chi connectivity index (χ4n) is 1.19. The number of halogens is 1. The van der Waals surface area contributed by atoms with Gasteiger partial charge in [0.1, 0.15) is 5.02 Å². The van der Waals surface area contributed by atoms with Gasteiger partial charge in [-0.05, 0) is 34.9 Å². The van der Waals surface area contributed by atoms with Crippen LogP contribution in [0.3, 0.4) is 0 Å². The van der Waals surface area contributed by atoms with Crippen LogP contribution in [-0.2, 0) is 0 Å². The Balaban J connectivity index is 2.75. The molecular formula is C12H22ClN5. The summed E-state index contributed by atoms with van der Waals surface area (Å²) in [5, 5.41) is 6.87. The molecule has 0 aliphatic heterocycles. The maximum absolute atomic E-state index is 6.08. The number of aromatic nitrogens is 2. The van der Waals surface area contributed by atoms with Gasteiger partial charge in [-0.1, -0.05) is 11.6 Å². The van der Waals surface area contributed by atoms with E-state index in [0.717, 1.165) is 13.1 Å². The summed E-state index contributed by atoms with van der Waals surface area (Å²) in [7, 11) is 4.10. The zero-order valence-electron chi connectivity index (χ0n) is 11.7. The SMILES string of the molecule is CCNc1ncc(Cl)c(NCC(C)(C)N(C)C)n1. The minimum Gasteiger partial charge on any atom is -0.367 e. The third kappa shape index (κ3) is 3.99. The Morgan fingerprint density at radius 3 is 2.56 bits per heavy atom. The van der Waals surface area contributed by atoms with Crippen molar-refractivity contribution in [1.82, 2.24) is 14.9 Å². The van der Waals surface area contributed by atoms with E-state index in [9.17, 15) is 0 Å². The van der Waals surface area contributed by atoms with Gasteiger partial charge in [0, 0.05) is 18.6 Å². The first-order valence-corrected chi connectivity index (χ1v) is 6.42. The number of hydrogen-bond donors (Lipinski definition) is 2. The maximum atomic E-state index is 6.08. The molecule has 2 N–H and O–H groups in total. The molecule has 102 valence electrons. The molecule has 6 heteroatoms. The van der Waals surface area contributed by atoms with Gasteiger partial charge in [0.25, 0.3) is 0 Å². The van der Waals surface area contributed by atoms with Gasteiger partial charge in [-0.2, -0.15) is 4.98 Å². The van der Waals surface area contributed by atoms with Gasteiger partial charge >= 0.3 is 0 Å². The van der Waals surface area contributed by atoms with Crippen molar-refractivity contribution in [2.45, 2.75) is 26.3 Å². The Kier molecular flexibility index (Phi) is 5.16. The molecule has 1 aromatic heterocycles. The van der Waals surface area contributed by atoms with Gasteiger partial charge in [0.05, 0.1) is 6.20 Å². The molecule has 0 aliphatic carbocycles. The lowest BCUT2D eigenvalue weighted by Crippen LogP contribution is -2.44. The highest BCUT2D eigenvalue weighted by Crippen LogP contribution is 2.20. The van der Waals surface area contributed by atoms with Gasteiger partial charge < -0.3 is 15.5 Å². The Morgan fingerprint density at radius 1 is 1.33 bits per heavy atom. The standard InChI is InChI=1S/C12H22ClN5/c1-6-14-11-15-7-9(13)10(17-11)16-8-12(2,3)18(4)5/h7H,6,8H2,1-5H3,(H2,14,15,16,17). The number of likely N-dealkylation sites (N-methyl/N-ethyl adjacent to an activating group) is 1. The Hall–Kier alpha value is -1.07. The molecule has 1 heterocycles. The van der Waals surface area contributed by atoms with E-state index in [1.807, 2.05) is 21.0 Å². The Labute approximate surface area is 114 Å². The molecule has 18 heavy (non-hydrogen) atoms. The van der Waals surface area contributed by atoms with Crippen LogP contribution in [0.1, 0.15) is 20.8 Å². The summed E-state index contributed by atoms with van der Waals surface area (Å²) in [6.07, 6.45) is 1.61. The van der Waals surface area contributed by atoms with Crippen molar-refractivity contribution in [3.05, 3.63) is 11.2 Å². The maximum Gasteiger partial charge on any atom is 0.224 e. The van der Waals surface area contributed by atoms with Crippen molar-refractivity contribution in [3.8, 4) is 0 Å². The Bertz CT molecular complexity index is 392. The minimum absolute atomic E-state index is 0.0205. The molecule has 0 atom stereocenters. The number of nitrogens with one attached hydrogen (secondary N) is 2. The number of hydrogen-bond acceptors (Lipinski definition) is 5. The van der Waals surface area contributed by atoms with Crippen LogP contribution in [0.15, 0.2) is 6.20 Å². The molecule has 0 amide bonds. The third-order valence-electron chi connectivity index (χ3n) is 2.98. The molecule has 0 saturated carbocycles. The van der Waals surface area contributed by atoms with E-state index in [0.29, 0.717) is 16.8 Å². The van der Waals surface area contributed by atoms with Gasteiger partial charge in [-0.25, -0.2) is 4.98 Å². The fourth-order valence-corrected chi connectivity index (χ4v) is 1.35. The van der Waals surface area contributed by atoms with E-state index in [-0.39, 0.29) is 5.54 Å². The molecule has 0 unspecified atom stereocenters. The number of rotatable bonds is 6. The van der Waals surface area contributed by atoms with Crippen LogP contribution in [0, 0.1) is 0 Å². The first kappa shape index (κ1) is 15.0. The third-order valence-corrected chi connectivity index (χ3v) is 3.25. The van der Waals surface area contributed by atoms with Crippen LogP contribution in [-0.4, -0.2) is 47.6 Å². The lowest BCUT2D eigenvalue weighted by Gasteiger charge is -2.32. The fraction of sp³-hybridized carbons (Fsp3) is 0.667. The zero-order chi connectivity index (χ0) is 13.8. The zero-order valence-corrected chi connectivity index (χ0v) is 12.5. The summed E-state index contributed by atoms with van der Waals surface area (Å²) in [5.41, 5.74) is 0.0205. The van der Waals surface area contributed by atoms with Gasteiger partial charge in [-0.3, -0.25) is 0 Å². The highest BCUT2D eigenvalue weighted by molar-refractivity contribution is 6.32. The van der Waals surface area contributed by atoms with Gasteiger partial charge in [0.2, 0.25) is 5.95 Å². The van der Waals surface area contributed by atoms with Gasteiger partial charge in [0.15, 0.2) is 5.82 Å². The molecule has 5 nitrogen and oxygen atoms in total. The van der Waals surface area contributed by atoms with Crippen LogP contribution < -0.4 is 10.6 Å². The lowest BCUT2D eigenvalue weighted by molar-refractivity contribution is 0.210. The summed E-state index contributed by atoms with van der Waals surface area (Å²) in [4.78, 5) is 10.6. The number of nitrogens with zero attached hydrogens (tertiary/aromatic N) is 3. The summed E-state index contributed by atoms with van der Waals surface area (Å²) in [5.74, 6) is 1.25. The highest BCUT2D eigenvalue weighted by atomic mass is 35.5. The topological polar surface area (TPSA) is 53.1 Å². The molecule has 0 radical (unpaired) electrons. The smallest absolute Gasteiger partial charge is 0.224 e. The predicted octanol–water partition coefficient (Wildman–Crippen LogP) is 2.31. The molecular weight excluding hydrogens is 250 g/mol. The normalized spacial score (nSPS) is 11.7. The van der Waals surface area contributed by atoms with E-state index in [1.165, 1.54) is 0 Å². The average molecular weight is 272 g/mol. The van der Waals surface area contributed by atoms with Gasteiger partial charge in [-0.15, -0.1) is 0 Å². The summed E-state index contributed by atoms with van der Waals surface area (Å²) >= 11 is 6.08. The molecule has 1 rings (SSSR count). The minimum atomic E-state index is 0.0205. The second-order valence-corrected chi connectivity index (χ2v) is 5.39. The molecule has 0 fully saturated rings. The summed E-state index contributed by atoms with van der Waals surface area (Å²) in [6.45, 7) is 7.84. The number of anilines is 2. The first-order chi connectivity index (χ1) is 8.36. The van der Waals surface area contributed by atoms with Crippen molar-refractivity contribution in [3.63, 3.8) is 0 Å². The molecule has 0 spiro atoms. The highest BCUT2D eigenvalue weighted by Gasteiger charge is 2.20. The molecule has 0 aliphatic rings. The summed E-state index contributed by atoms with van der Waals surface area (Å²) < 4.78 is 0. The van der Waals surface area contributed by atoms with Crippen molar-refractivity contribution < 1.29 is 0 Å². The van der Waals surface area contributed by atoms with E-state index in [1.54, 1.807) is 6.20 Å². The van der Waals surface area contributed by atoms with Crippen LogP contribution >= 0.6 is 11.6 Å². The van der Waals surface area contributed by atoms with E-state index < -0.39 is 0 Å².